The maximum atomic E-state index is 12.0. The number of benzene rings is 2. The fraction of sp³-hybridized carbons (Fsp3) is 0.211. The minimum absolute atomic E-state index is 0.0543. The van der Waals surface area contributed by atoms with Crippen LogP contribution >= 0.6 is 15.9 Å². The van der Waals surface area contributed by atoms with E-state index in [0.29, 0.717) is 11.1 Å². The van der Waals surface area contributed by atoms with Gasteiger partial charge in [0, 0.05) is 15.6 Å². The fourth-order valence-electron chi connectivity index (χ4n) is 2.24. The molecule has 0 aliphatic heterocycles. The van der Waals surface area contributed by atoms with Crippen LogP contribution in [0.25, 0.3) is 0 Å². The Morgan fingerprint density at radius 2 is 1.77 bits per heavy atom. The lowest BCUT2D eigenvalue weighted by atomic mass is 10.0. The fourth-order valence-corrected chi connectivity index (χ4v) is 2.72. The zero-order chi connectivity index (χ0) is 18.9. The topological polar surface area (TPSA) is 69.5 Å². The standard InChI is InChI=1S/C19H19BrN2O4/c1-13(14-8-5-4-6-9-14)21-26-12-16-15(10-7-11-17(16)20)18(22-25-3)19(23)24-2/h4-11H,12H2,1-3H3/b21-13+,22-18+. The van der Waals surface area contributed by atoms with Crippen molar-refractivity contribution in [1.82, 2.24) is 0 Å². The van der Waals surface area contributed by atoms with Crippen molar-refractivity contribution in [3.63, 3.8) is 0 Å². The van der Waals surface area contributed by atoms with E-state index in [-0.39, 0.29) is 12.3 Å². The summed E-state index contributed by atoms with van der Waals surface area (Å²) in [7, 11) is 2.65. The first kappa shape index (κ1) is 19.7. The third kappa shape index (κ3) is 4.92. The molecule has 2 rings (SSSR count). The summed E-state index contributed by atoms with van der Waals surface area (Å²) in [5, 5.41) is 7.94. The highest BCUT2D eigenvalue weighted by Crippen LogP contribution is 2.23. The van der Waals surface area contributed by atoms with Crippen LogP contribution in [-0.2, 0) is 25.8 Å². The number of ether oxygens (including phenoxy) is 1. The monoisotopic (exact) mass is 418 g/mol. The molecule has 0 aromatic heterocycles. The Labute approximate surface area is 160 Å². The second-order valence-corrected chi connectivity index (χ2v) is 6.05. The number of oxime groups is 2. The predicted octanol–water partition coefficient (Wildman–Crippen LogP) is 3.91. The van der Waals surface area contributed by atoms with Crippen LogP contribution in [0.15, 0.2) is 63.3 Å². The quantitative estimate of drug-likeness (QED) is 0.388. The van der Waals surface area contributed by atoms with Gasteiger partial charge in [-0.15, -0.1) is 0 Å². The number of nitrogens with zero attached hydrogens (tertiary/aromatic N) is 2. The number of carbonyl (C=O) groups excluding carboxylic acids is 1. The first-order chi connectivity index (χ1) is 12.6. The molecule has 0 fully saturated rings. The molecule has 0 aliphatic rings. The van der Waals surface area contributed by atoms with Gasteiger partial charge in [0.1, 0.15) is 13.7 Å². The van der Waals surface area contributed by atoms with Crippen LogP contribution in [0, 0.1) is 0 Å². The van der Waals surface area contributed by atoms with Gasteiger partial charge in [-0.2, -0.15) is 0 Å². The minimum Gasteiger partial charge on any atom is -0.464 e. The molecule has 0 saturated carbocycles. The van der Waals surface area contributed by atoms with Gasteiger partial charge >= 0.3 is 5.97 Å². The third-order valence-electron chi connectivity index (χ3n) is 3.54. The third-order valence-corrected chi connectivity index (χ3v) is 4.28. The number of methoxy groups -OCH3 is 1. The molecule has 0 heterocycles. The van der Waals surface area contributed by atoms with Crippen LogP contribution in [0.2, 0.25) is 0 Å². The summed E-state index contributed by atoms with van der Waals surface area (Å²) in [6.07, 6.45) is 0. The van der Waals surface area contributed by atoms with Gasteiger partial charge in [0.15, 0.2) is 5.71 Å². The van der Waals surface area contributed by atoms with Crippen LogP contribution in [0.3, 0.4) is 0 Å². The van der Waals surface area contributed by atoms with E-state index in [0.717, 1.165) is 15.7 Å². The maximum absolute atomic E-state index is 12.0. The van der Waals surface area contributed by atoms with Crippen LogP contribution in [-0.4, -0.2) is 31.6 Å². The maximum Gasteiger partial charge on any atom is 0.360 e. The highest BCUT2D eigenvalue weighted by Gasteiger charge is 2.21. The van der Waals surface area contributed by atoms with E-state index in [1.54, 1.807) is 12.1 Å². The zero-order valence-electron chi connectivity index (χ0n) is 14.7. The van der Waals surface area contributed by atoms with Crippen molar-refractivity contribution in [2.75, 3.05) is 14.2 Å². The average Bonchev–Trinajstić information content (AvgIpc) is 2.67. The molecule has 26 heavy (non-hydrogen) atoms. The zero-order valence-corrected chi connectivity index (χ0v) is 16.3. The summed E-state index contributed by atoms with van der Waals surface area (Å²) in [5.41, 5.74) is 3.02. The molecule has 0 N–H and O–H groups in total. The summed E-state index contributed by atoms with van der Waals surface area (Å²) in [6.45, 7) is 2.00. The summed E-state index contributed by atoms with van der Waals surface area (Å²) in [6, 6.07) is 15.1. The van der Waals surface area contributed by atoms with Crippen molar-refractivity contribution < 1.29 is 19.2 Å². The predicted molar refractivity (Wildman–Crippen MR) is 103 cm³/mol. The smallest absolute Gasteiger partial charge is 0.360 e. The first-order valence-corrected chi connectivity index (χ1v) is 8.57. The van der Waals surface area contributed by atoms with E-state index in [2.05, 4.69) is 26.2 Å². The second kappa shape index (κ2) is 9.72. The average molecular weight is 419 g/mol. The summed E-state index contributed by atoms with van der Waals surface area (Å²) in [4.78, 5) is 22.3. The van der Waals surface area contributed by atoms with Gasteiger partial charge in [-0.3, -0.25) is 0 Å². The van der Waals surface area contributed by atoms with Gasteiger partial charge in [0.2, 0.25) is 0 Å². The first-order valence-electron chi connectivity index (χ1n) is 7.77. The van der Waals surface area contributed by atoms with Crippen molar-refractivity contribution >= 4 is 33.3 Å². The largest absolute Gasteiger partial charge is 0.464 e. The molecule has 0 unspecified atom stereocenters. The van der Waals surface area contributed by atoms with E-state index in [9.17, 15) is 4.79 Å². The van der Waals surface area contributed by atoms with E-state index in [1.807, 2.05) is 43.3 Å². The van der Waals surface area contributed by atoms with Crippen molar-refractivity contribution in [2.45, 2.75) is 13.5 Å². The number of rotatable bonds is 7. The lowest BCUT2D eigenvalue weighted by molar-refractivity contribution is -0.132. The van der Waals surface area contributed by atoms with Gasteiger partial charge in [-0.1, -0.05) is 68.7 Å². The molecular weight excluding hydrogens is 400 g/mol. The Kier molecular flexibility index (Phi) is 7.35. The van der Waals surface area contributed by atoms with Crippen LogP contribution in [0.4, 0.5) is 0 Å². The van der Waals surface area contributed by atoms with Gasteiger partial charge in [0.05, 0.1) is 12.8 Å². The summed E-state index contributed by atoms with van der Waals surface area (Å²) < 4.78 is 5.54. The van der Waals surface area contributed by atoms with E-state index >= 15 is 0 Å². The number of halogens is 1. The highest BCUT2D eigenvalue weighted by molar-refractivity contribution is 9.10. The second-order valence-electron chi connectivity index (χ2n) is 5.20. The SMILES string of the molecule is CO/N=C(/C(=O)OC)c1cccc(Br)c1CO/N=C(\C)c1ccccc1. The van der Waals surface area contributed by atoms with Crippen LogP contribution in [0.5, 0.6) is 0 Å². The Morgan fingerprint density at radius 3 is 2.42 bits per heavy atom. The van der Waals surface area contributed by atoms with Gasteiger partial charge in [0.25, 0.3) is 0 Å². The van der Waals surface area contributed by atoms with Gasteiger partial charge < -0.3 is 14.4 Å². The number of esters is 1. The molecule has 0 spiro atoms. The van der Waals surface area contributed by atoms with Crippen molar-refractivity contribution in [3.05, 3.63) is 69.7 Å². The number of hydrogen-bond acceptors (Lipinski definition) is 6. The van der Waals surface area contributed by atoms with Crippen molar-refractivity contribution in [3.8, 4) is 0 Å². The number of hydrogen-bond donors (Lipinski definition) is 0. The molecule has 0 amide bonds. The lowest BCUT2D eigenvalue weighted by Gasteiger charge is -2.11. The molecule has 2 aromatic carbocycles. The summed E-state index contributed by atoms with van der Waals surface area (Å²) in [5.74, 6) is -0.602. The van der Waals surface area contributed by atoms with Crippen LogP contribution < -0.4 is 0 Å². The molecular formula is C19H19BrN2O4. The van der Waals surface area contributed by atoms with Gasteiger partial charge in [-0.05, 0) is 18.6 Å². The Morgan fingerprint density at radius 1 is 1.04 bits per heavy atom. The van der Waals surface area contributed by atoms with Crippen molar-refractivity contribution in [2.24, 2.45) is 10.3 Å². The Hall–Kier alpha value is -2.67. The summed E-state index contributed by atoms with van der Waals surface area (Å²) >= 11 is 3.47. The minimum atomic E-state index is -0.602. The Balaban J connectivity index is 2.27. The molecule has 0 radical (unpaired) electrons. The molecule has 0 atom stereocenters. The normalized spacial score (nSPS) is 11.8. The van der Waals surface area contributed by atoms with E-state index in [1.165, 1.54) is 14.2 Å². The number of carbonyl (C=O) groups is 1. The molecule has 136 valence electrons. The Bertz CT molecular complexity index is 820. The van der Waals surface area contributed by atoms with Crippen LogP contribution in [0.1, 0.15) is 23.6 Å². The lowest BCUT2D eigenvalue weighted by Crippen LogP contribution is -2.19. The molecule has 0 aliphatic carbocycles. The molecule has 6 nitrogen and oxygen atoms in total. The molecule has 2 aromatic rings. The van der Waals surface area contributed by atoms with E-state index in [4.69, 9.17) is 14.4 Å². The van der Waals surface area contributed by atoms with Crippen molar-refractivity contribution in [1.29, 1.82) is 0 Å². The highest BCUT2D eigenvalue weighted by atomic mass is 79.9. The molecule has 0 saturated heterocycles. The van der Waals surface area contributed by atoms with Gasteiger partial charge in [-0.25, -0.2) is 4.79 Å². The molecule has 7 heteroatoms. The van der Waals surface area contributed by atoms with E-state index < -0.39 is 5.97 Å². The molecule has 0 bridgehead atoms.